The standard InChI is InChI=1S/C28H31NO3/c1-27(2,3)32-26(30)29-24(21-13-7-4-8-14-21)19-20-25(29)28(31,22-15-9-5-10-16-22)23-17-11-6-12-18-23/h4-18,24-25,31H,19-20H2,1-3H3/t24-,25+/m1/s1. The highest BCUT2D eigenvalue weighted by Crippen LogP contribution is 2.47. The van der Waals surface area contributed by atoms with E-state index < -0.39 is 23.3 Å². The third-order valence-electron chi connectivity index (χ3n) is 6.08. The molecule has 1 aliphatic heterocycles. The van der Waals surface area contributed by atoms with Gasteiger partial charge in [0.25, 0.3) is 0 Å². The van der Waals surface area contributed by atoms with E-state index in [4.69, 9.17) is 4.74 Å². The summed E-state index contributed by atoms with van der Waals surface area (Å²) in [7, 11) is 0. The lowest BCUT2D eigenvalue weighted by Crippen LogP contribution is -2.52. The van der Waals surface area contributed by atoms with Gasteiger partial charge in [0, 0.05) is 0 Å². The zero-order valence-electron chi connectivity index (χ0n) is 18.9. The third kappa shape index (κ3) is 4.28. The van der Waals surface area contributed by atoms with E-state index >= 15 is 0 Å². The van der Waals surface area contributed by atoms with E-state index in [-0.39, 0.29) is 6.04 Å². The van der Waals surface area contributed by atoms with Crippen LogP contribution in [0, 0.1) is 0 Å². The summed E-state index contributed by atoms with van der Waals surface area (Å²) in [5.41, 5.74) is 0.563. The number of carbonyl (C=O) groups is 1. The number of amides is 1. The van der Waals surface area contributed by atoms with Gasteiger partial charge in [-0.1, -0.05) is 91.0 Å². The number of benzene rings is 3. The maximum absolute atomic E-state index is 13.6. The van der Waals surface area contributed by atoms with Crippen molar-refractivity contribution in [1.82, 2.24) is 4.90 Å². The van der Waals surface area contributed by atoms with Crippen LogP contribution in [-0.2, 0) is 10.3 Å². The SMILES string of the molecule is CC(C)(C)OC(=O)N1[C@@H](c2ccccc2)CC[C@H]1C(O)(c1ccccc1)c1ccccc1. The Bertz CT molecular complexity index is 989. The fourth-order valence-corrected chi connectivity index (χ4v) is 4.73. The van der Waals surface area contributed by atoms with Crippen LogP contribution in [0.25, 0.3) is 0 Å². The molecule has 0 aliphatic carbocycles. The molecule has 0 unspecified atom stereocenters. The normalized spacial score (nSPS) is 19.1. The van der Waals surface area contributed by atoms with E-state index in [0.717, 1.165) is 23.1 Å². The molecular weight excluding hydrogens is 398 g/mol. The van der Waals surface area contributed by atoms with Crippen LogP contribution >= 0.6 is 0 Å². The van der Waals surface area contributed by atoms with Gasteiger partial charge in [-0.15, -0.1) is 0 Å². The van der Waals surface area contributed by atoms with Gasteiger partial charge < -0.3 is 9.84 Å². The molecule has 1 saturated heterocycles. The second-order valence-electron chi connectivity index (χ2n) is 9.41. The van der Waals surface area contributed by atoms with E-state index in [0.29, 0.717) is 6.42 Å². The van der Waals surface area contributed by atoms with Crippen LogP contribution < -0.4 is 0 Å². The number of nitrogens with zero attached hydrogens (tertiary/aromatic N) is 1. The average molecular weight is 430 g/mol. The fourth-order valence-electron chi connectivity index (χ4n) is 4.73. The summed E-state index contributed by atoms with van der Waals surface area (Å²) in [6, 6.07) is 28.6. The first-order valence-electron chi connectivity index (χ1n) is 11.2. The number of ether oxygens (including phenoxy) is 1. The highest BCUT2D eigenvalue weighted by atomic mass is 16.6. The van der Waals surface area contributed by atoms with Gasteiger partial charge in [0.2, 0.25) is 0 Å². The van der Waals surface area contributed by atoms with Gasteiger partial charge >= 0.3 is 6.09 Å². The lowest BCUT2D eigenvalue weighted by atomic mass is 9.79. The van der Waals surface area contributed by atoms with Crippen LogP contribution in [0.3, 0.4) is 0 Å². The van der Waals surface area contributed by atoms with Gasteiger partial charge in [-0.2, -0.15) is 0 Å². The van der Waals surface area contributed by atoms with E-state index in [1.54, 1.807) is 4.90 Å². The first-order chi connectivity index (χ1) is 15.3. The van der Waals surface area contributed by atoms with Crippen LogP contribution in [0.15, 0.2) is 91.0 Å². The van der Waals surface area contributed by atoms with Crippen molar-refractivity contribution in [1.29, 1.82) is 0 Å². The van der Waals surface area contributed by atoms with Gasteiger partial charge in [0.05, 0.1) is 12.1 Å². The first-order valence-corrected chi connectivity index (χ1v) is 11.2. The van der Waals surface area contributed by atoms with Crippen molar-refractivity contribution in [2.45, 2.75) is 56.9 Å². The molecule has 1 amide bonds. The van der Waals surface area contributed by atoms with Gasteiger partial charge in [-0.05, 0) is 50.3 Å². The van der Waals surface area contributed by atoms with E-state index in [9.17, 15) is 9.90 Å². The molecule has 0 aromatic heterocycles. The molecule has 1 fully saturated rings. The molecule has 4 nitrogen and oxygen atoms in total. The molecule has 1 heterocycles. The predicted molar refractivity (Wildman–Crippen MR) is 126 cm³/mol. The zero-order chi connectivity index (χ0) is 22.8. The van der Waals surface area contributed by atoms with Crippen molar-refractivity contribution < 1.29 is 14.6 Å². The number of hydrogen-bond donors (Lipinski definition) is 1. The van der Waals surface area contributed by atoms with Gasteiger partial charge in [-0.25, -0.2) is 4.79 Å². The minimum absolute atomic E-state index is 0.171. The number of aliphatic hydroxyl groups is 1. The van der Waals surface area contributed by atoms with Gasteiger partial charge in [0.15, 0.2) is 0 Å². The quantitative estimate of drug-likeness (QED) is 0.548. The smallest absolute Gasteiger partial charge is 0.411 e. The fraction of sp³-hybridized carbons (Fsp3) is 0.321. The highest BCUT2D eigenvalue weighted by Gasteiger charge is 2.51. The van der Waals surface area contributed by atoms with Crippen LogP contribution in [0.2, 0.25) is 0 Å². The second-order valence-corrected chi connectivity index (χ2v) is 9.41. The summed E-state index contributed by atoms with van der Waals surface area (Å²) in [6.07, 6.45) is 0.994. The number of carbonyl (C=O) groups excluding carboxylic acids is 1. The average Bonchev–Trinajstić information content (AvgIpc) is 3.25. The monoisotopic (exact) mass is 429 g/mol. The molecule has 0 spiro atoms. The molecule has 3 aromatic rings. The Kier molecular flexibility index (Phi) is 6.07. The van der Waals surface area contributed by atoms with Crippen molar-refractivity contribution in [3.63, 3.8) is 0 Å². The Morgan fingerprint density at radius 1 is 0.812 bits per heavy atom. The van der Waals surface area contributed by atoms with Crippen molar-refractivity contribution in [2.75, 3.05) is 0 Å². The molecule has 0 bridgehead atoms. The molecule has 1 N–H and O–H groups in total. The van der Waals surface area contributed by atoms with E-state index in [2.05, 4.69) is 0 Å². The summed E-state index contributed by atoms with van der Waals surface area (Å²) < 4.78 is 5.85. The zero-order valence-corrected chi connectivity index (χ0v) is 18.9. The molecule has 0 saturated carbocycles. The van der Waals surface area contributed by atoms with E-state index in [1.807, 2.05) is 112 Å². The molecular formula is C28H31NO3. The lowest BCUT2D eigenvalue weighted by molar-refractivity contribution is -0.0340. The Hall–Kier alpha value is -3.11. The van der Waals surface area contributed by atoms with E-state index in [1.165, 1.54) is 0 Å². The number of rotatable bonds is 4. The maximum atomic E-state index is 13.6. The number of hydrogen-bond acceptors (Lipinski definition) is 3. The third-order valence-corrected chi connectivity index (χ3v) is 6.08. The van der Waals surface area contributed by atoms with Crippen LogP contribution in [0.1, 0.15) is 56.3 Å². The lowest BCUT2D eigenvalue weighted by Gasteiger charge is -2.42. The first kappa shape index (κ1) is 22.1. The second kappa shape index (κ2) is 8.79. The summed E-state index contributed by atoms with van der Waals surface area (Å²) >= 11 is 0. The molecule has 4 rings (SSSR count). The number of likely N-dealkylation sites (tertiary alicyclic amines) is 1. The Morgan fingerprint density at radius 2 is 1.28 bits per heavy atom. The van der Waals surface area contributed by atoms with Gasteiger partial charge in [-0.3, -0.25) is 4.90 Å². The van der Waals surface area contributed by atoms with Crippen LogP contribution in [0.5, 0.6) is 0 Å². The summed E-state index contributed by atoms with van der Waals surface area (Å²) in [5.74, 6) is 0. The maximum Gasteiger partial charge on any atom is 0.411 e. The molecule has 0 radical (unpaired) electrons. The summed E-state index contributed by atoms with van der Waals surface area (Å²) in [5, 5.41) is 12.4. The summed E-state index contributed by atoms with van der Waals surface area (Å²) in [6.45, 7) is 5.61. The topological polar surface area (TPSA) is 49.8 Å². The Morgan fingerprint density at radius 3 is 1.75 bits per heavy atom. The molecule has 3 aromatic carbocycles. The molecule has 1 aliphatic rings. The van der Waals surface area contributed by atoms with Crippen LogP contribution in [-0.4, -0.2) is 27.7 Å². The molecule has 4 heteroatoms. The minimum Gasteiger partial charge on any atom is -0.444 e. The summed E-state index contributed by atoms with van der Waals surface area (Å²) in [4.78, 5) is 15.3. The Balaban J connectivity index is 1.84. The van der Waals surface area contributed by atoms with Crippen molar-refractivity contribution in [3.05, 3.63) is 108 Å². The molecule has 166 valence electrons. The predicted octanol–water partition coefficient (Wildman–Crippen LogP) is 6.06. The van der Waals surface area contributed by atoms with Gasteiger partial charge in [0.1, 0.15) is 11.2 Å². The van der Waals surface area contributed by atoms with Crippen LogP contribution in [0.4, 0.5) is 4.79 Å². The largest absolute Gasteiger partial charge is 0.444 e. The van der Waals surface area contributed by atoms with Crippen molar-refractivity contribution in [3.8, 4) is 0 Å². The minimum atomic E-state index is -1.37. The molecule has 2 atom stereocenters. The molecule has 32 heavy (non-hydrogen) atoms. The van der Waals surface area contributed by atoms with Crippen molar-refractivity contribution in [2.24, 2.45) is 0 Å². The van der Waals surface area contributed by atoms with Crippen molar-refractivity contribution >= 4 is 6.09 Å². The highest BCUT2D eigenvalue weighted by molar-refractivity contribution is 5.70. The Labute approximate surface area is 190 Å².